The predicted molar refractivity (Wildman–Crippen MR) is 96.1 cm³/mol. The van der Waals surface area contributed by atoms with E-state index in [1.165, 1.54) is 0 Å². The van der Waals surface area contributed by atoms with Crippen molar-refractivity contribution < 1.29 is 9.53 Å². The number of ether oxygens (including phenoxy) is 1. The smallest absolute Gasteiger partial charge is 0.255 e. The van der Waals surface area contributed by atoms with Gasteiger partial charge in [0, 0.05) is 30.6 Å². The minimum atomic E-state index is -0.0306. The Labute approximate surface area is 151 Å². The Kier molecular flexibility index (Phi) is 4.28. The van der Waals surface area contributed by atoms with Crippen molar-refractivity contribution >= 4 is 11.6 Å². The maximum absolute atomic E-state index is 13.1. The number of aryl methyl sites for hydroxylation is 1. The number of hydrogen-bond acceptors (Lipinski definition) is 5. The maximum atomic E-state index is 13.1. The molecule has 3 aromatic heterocycles. The zero-order valence-corrected chi connectivity index (χ0v) is 14.9. The van der Waals surface area contributed by atoms with Crippen LogP contribution in [0.25, 0.3) is 5.65 Å². The molecule has 1 saturated heterocycles. The van der Waals surface area contributed by atoms with Crippen molar-refractivity contribution in [1.29, 1.82) is 0 Å². The lowest BCUT2D eigenvalue weighted by Crippen LogP contribution is -2.39. The zero-order valence-electron chi connectivity index (χ0n) is 14.9. The van der Waals surface area contributed by atoms with Crippen molar-refractivity contribution in [3.8, 4) is 5.88 Å². The first-order valence-electron chi connectivity index (χ1n) is 8.79. The number of amides is 1. The first kappa shape index (κ1) is 16.5. The summed E-state index contributed by atoms with van der Waals surface area (Å²) in [6.45, 7) is 2.73. The van der Waals surface area contributed by atoms with Gasteiger partial charge in [0.25, 0.3) is 5.91 Å². The van der Waals surface area contributed by atoms with E-state index in [9.17, 15) is 4.79 Å². The SMILES string of the molecule is COc1ccc(C(=O)N2CCCC[C@@H]2c2cc(C)n3nccc3n2)cn1. The van der Waals surface area contributed by atoms with Crippen LogP contribution in [0.15, 0.2) is 36.7 Å². The van der Waals surface area contributed by atoms with E-state index in [2.05, 4.69) is 10.1 Å². The molecule has 26 heavy (non-hydrogen) atoms. The summed E-state index contributed by atoms with van der Waals surface area (Å²) in [5.74, 6) is 0.484. The molecule has 0 bridgehead atoms. The Morgan fingerprint density at radius 2 is 2.15 bits per heavy atom. The van der Waals surface area contributed by atoms with Crippen molar-refractivity contribution in [2.45, 2.75) is 32.2 Å². The lowest BCUT2D eigenvalue weighted by molar-refractivity contribution is 0.0605. The molecule has 1 fully saturated rings. The largest absolute Gasteiger partial charge is 0.481 e. The van der Waals surface area contributed by atoms with Crippen molar-refractivity contribution in [3.63, 3.8) is 0 Å². The van der Waals surface area contributed by atoms with Crippen molar-refractivity contribution in [2.24, 2.45) is 0 Å². The highest BCUT2D eigenvalue weighted by molar-refractivity contribution is 5.94. The van der Waals surface area contributed by atoms with Crippen LogP contribution in [0, 0.1) is 6.92 Å². The van der Waals surface area contributed by atoms with Gasteiger partial charge in [0.2, 0.25) is 5.88 Å². The zero-order chi connectivity index (χ0) is 18.1. The van der Waals surface area contributed by atoms with E-state index in [1.807, 2.05) is 28.5 Å². The van der Waals surface area contributed by atoms with E-state index < -0.39 is 0 Å². The van der Waals surface area contributed by atoms with Gasteiger partial charge in [-0.05, 0) is 38.3 Å². The summed E-state index contributed by atoms with van der Waals surface area (Å²) in [4.78, 5) is 23.9. The highest BCUT2D eigenvalue weighted by atomic mass is 16.5. The molecule has 0 spiro atoms. The van der Waals surface area contributed by atoms with E-state index in [4.69, 9.17) is 9.72 Å². The molecular weight excluding hydrogens is 330 g/mol. The van der Waals surface area contributed by atoms with Crippen LogP contribution in [0.2, 0.25) is 0 Å². The fourth-order valence-corrected chi connectivity index (χ4v) is 3.54. The number of rotatable bonds is 3. The Morgan fingerprint density at radius 3 is 2.92 bits per heavy atom. The van der Waals surface area contributed by atoms with Gasteiger partial charge in [-0.3, -0.25) is 4.79 Å². The molecule has 134 valence electrons. The fourth-order valence-electron chi connectivity index (χ4n) is 3.54. The first-order valence-corrected chi connectivity index (χ1v) is 8.79. The molecule has 4 rings (SSSR count). The lowest BCUT2D eigenvalue weighted by atomic mass is 9.97. The molecule has 0 radical (unpaired) electrons. The minimum absolute atomic E-state index is 0.0160. The average Bonchev–Trinajstić information content (AvgIpc) is 3.17. The quantitative estimate of drug-likeness (QED) is 0.725. The van der Waals surface area contributed by atoms with Gasteiger partial charge >= 0.3 is 0 Å². The fraction of sp³-hybridized carbons (Fsp3) is 0.368. The van der Waals surface area contributed by atoms with Gasteiger partial charge in [0.15, 0.2) is 5.65 Å². The summed E-state index contributed by atoms with van der Waals surface area (Å²) >= 11 is 0. The first-order chi connectivity index (χ1) is 12.7. The number of likely N-dealkylation sites (tertiary alicyclic amines) is 1. The van der Waals surface area contributed by atoms with Crippen LogP contribution < -0.4 is 4.74 Å². The second-order valence-corrected chi connectivity index (χ2v) is 6.52. The Morgan fingerprint density at radius 1 is 1.27 bits per heavy atom. The maximum Gasteiger partial charge on any atom is 0.255 e. The minimum Gasteiger partial charge on any atom is -0.481 e. The molecule has 1 aliphatic rings. The van der Waals surface area contributed by atoms with Crippen LogP contribution in [0.3, 0.4) is 0 Å². The van der Waals surface area contributed by atoms with Gasteiger partial charge in [-0.25, -0.2) is 14.5 Å². The van der Waals surface area contributed by atoms with E-state index in [0.29, 0.717) is 11.4 Å². The summed E-state index contributed by atoms with van der Waals surface area (Å²) in [6, 6.07) is 7.37. The molecule has 0 unspecified atom stereocenters. The van der Waals surface area contributed by atoms with Crippen molar-refractivity contribution in [3.05, 3.63) is 53.6 Å². The molecule has 0 aliphatic carbocycles. The van der Waals surface area contributed by atoms with Crippen molar-refractivity contribution in [2.75, 3.05) is 13.7 Å². The van der Waals surface area contributed by atoms with E-state index in [1.54, 1.807) is 31.6 Å². The summed E-state index contributed by atoms with van der Waals surface area (Å²) in [5, 5.41) is 4.28. The van der Waals surface area contributed by atoms with Gasteiger partial charge in [0.1, 0.15) is 0 Å². The third-order valence-corrected chi connectivity index (χ3v) is 4.85. The van der Waals surface area contributed by atoms with Crippen LogP contribution in [-0.4, -0.2) is 44.0 Å². The number of carbonyl (C=O) groups excluding carboxylic acids is 1. The van der Waals surface area contributed by atoms with E-state index >= 15 is 0 Å². The monoisotopic (exact) mass is 351 g/mol. The highest BCUT2D eigenvalue weighted by Gasteiger charge is 2.30. The number of fused-ring (bicyclic) bond motifs is 1. The molecule has 1 atom stereocenters. The highest BCUT2D eigenvalue weighted by Crippen LogP contribution is 2.32. The van der Waals surface area contributed by atoms with E-state index in [-0.39, 0.29) is 11.9 Å². The molecule has 1 amide bonds. The van der Waals surface area contributed by atoms with Crippen LogP contribution in [-0.2, 0) is 0 Å². The molecule has 7 heteroatoms. The van der Waals surface area contributed by atoms with Crippen LogP contribution in [0.5, 0.6) is 5.88 Å². The van der Waals surface area contributed by atoms with Gasteiger partial charge < -0.3 is 9.64 Å². The topological polar surface area (TPSA) is 72.6 Å². The predicted octanol–water partition coefficient (Wildman–Crippen LogP) is 2.81. The normalized spacial score (nSPS) is 17.5. The third kappa shape index (κ3) is 2.89. The number of methoxy groups -OCH3 is 1. The van der Waals surface area contributed by atoms with Crippen molar-refractivity contribution in [1.82, 2.24) is 24.5 Å². The van der Waals surface area contributed by atoms with Crippen LogP contribution in [0.4, 0.5) is 0 Å². The van der Waals surface area contributed by atoms with Crippen LogP contribution >= 0.6 is 0 Å². The molecule has 3 aromatic rings. The standard InChI is InChI=1S/C19H21N5O2/c1-13-11-15(22-17-8-9-21-24(13)17)16-5-3-4-10-23(16)19(25)14-6-7-18(26-2)20-12-14/h6-9,11-12,16H,3-5,10H2,1-2H3/t16-/m1/s1. The summed E-state index contributed by atoms with van der Waals surface area (Å²) < 4.78 is 6.89. The second kappa shape index (κ2) is 6.74. The van der Waals surface area contributed by atoms with Gasteiger partial charge in [0.05, 0.1) is 30.6 Å². The van der Waals surface area contributed by atoms with Crippen LogP contribution in [0.1, 0.15) is 47.1 Å². The van der Waals surface area contributed by atoms with Gasteiger partial charge in [-0.2, -0.15) is 5.10 Å². The molecule has 4 heterocycles. The number of nitrogens with zero attached hydrogens (tertiary/aromatic N) is 5. The average molecular weight is 351 g/mol. The number of carbonyl (C=O) groups is 1. The molecule has 0 N–H and O–H groups in total. The summed E-state index contributed by atoms with van der Waals surface area (Å²) in [5.41, 5.74) is 3.31. The Bertz CT molecular complexity index is 935. The Balaban J connectivity index is 1.67. The third-order valence-electron chi connectivity index (χ3n) is 4.85. The molecule has 7 nitrogen and oxygen atoms in total. The summed E-state index contributed by atoms with van der Waals surface area (Å²) in [7, 11) is 1.56. The van der Waals surface area contributed by atoms with Gasteiger partial charge in [-0.15, -0.1) is 0 Å². The number of hydrogen-bond donors (Lipinski definition) is 0. The molecule has 0 saturated carbocycles. The second-order valence-electron chi connectivity index (χ2n) is 6.52. The Hall–Kier alpha value is -2.96. The number of piperidine rings is 1. The molecule has 1 aliphatic heterocycles. The number of aromatic nitrogens is 4. The molecule has 0 aromatic carbocycles. The van der Waals surface area contributed by atoms with E-state index in [0.717, 1.165) is 42.8 Å². The van der Waals surface area contributed by atoms with Gasteiger partial charge in [-0.1, -0.05) is 0 Å². The lowest BCUT2D eigenvalue weighted by Gasteiger charge is -2.35. The number of pyridine rings is 1. The molecular formula is C19H21N5O2. The summed E-state index contributed by atoms with van der Waals surface area (Å²) in [6.07, 6.45) is 6.31.